The molecule has 1 aliphatic rings. The molecule has 0 N–H and O–H groups in total. The molecule has 0 spiro atoms. The second kappa shape index (κ2) is 8.37. The quantitative estimate of drug-likeness (QED) is 0.654. The Bertz CT molecular complexity index is 745. The molecule has 154 valence electrons. The van der Waals surface area contributed by atoms with Gasteiger partial charge in [0.1, 0.15) is 13.2 Å². The van der Waals surface area contributed by atoms with Gasteiger partial charge in [-0.1, -0.05) is 24.6 Å². The van der Waals surface area contributed by atoms with Crippen molar-refractivity contribution in [3.63, 3.8) is 0 Å². The van der Waals surface area contributed by atoms with Gasteiger partial charge in [-0.15, -0.1) is 0 Å². The van der Waals surface area contributed by atoms with Gasteiger partial charge in [-0.3, -0.25) is 9.59 Å². The van der Waals surface area contributed by atoms with E-state index in [1.54, 1.807) is 0 Å². The predicted octanol–water partition coefficient (Wildman–Crippen LogP) is 5.02. The molecule has 0 aliphatic heterocycles. The molecule has 0 radical (unpaired) electrons. The molecule has 1 saturated carbocycles. The third kappa shape index (κ3) is 5.36. The third-order valence-corrected chi connectivity index (χ3v) is 5.19. The Hall–Kier alpha value is -2.31. The van der Waals surface area contributed by atoms with Gasteiger partial charge in [0, 0.05) is 19.3 Å². The number of carbonyl (C=O) groups is 2. The fourth-order valence-electron chi connectivity index (χ4n) is 3.79. The Balaban J connectivity index is 2.30. The highest BCUT2D eigenvalue weighted by Gasteiger charge is 2.43. The van der Waals surface area contributed by atoms with Crippen LogP contribution in [0.3, 0.4) is 0 Å². The lowest BCUT2D eigenvalue weighted by Gasteiger charge is -2.27. The van der Waals surface area contributed by atoms with Crippen molar-refractivity contribution < 1.29 is 32.2 Å². The molecule has 0 bridgehead atoms. The highest BCUT2D eigenvalue weighted by molar-refractivity contribution is 5.69. The van der Waals surface area contributed by atoms with Crippen molar-refractivity contribution in [3.05, 3.63) is 41.0 Å². The summed E-state index contributed by atoms with van der Waals surface area (Å²) in [4.78, 5) is 22.6. The topological polar surface area (TPSA) is 52.6 Å². The van der Waals surface area contributed by atoms with E-state index in [0.717, 1.165) is 23.3 Å². The summed E-state index contributed by atoms with van der Waals surface area (Å²) in [7, 11) is 0. The SMILES string of the molecule is CC(=O)OCC1(COC(C)=O)C/C(=C(/C)c2ccc(C(F)(F)F)cc2)C(C)C1. The van der Waals surface area contributed by atoms with Crippen LogP contribution >= 0.6 is 0 Å². The summed E-state index contributed by atoms with van der Waals surface area (Å²) in [6.45, 7) is 6.80. The molecular weight excluding hydrogens is 373 g/mol. The molecule has 1 aromatic rings. The van der Waals surface area contributed by atoms with E-state index in [4.69, 9.17) is 9.47 Å². The largest absolute Gasteiger partial charge is 0.465 e. The second-order valence-electron chi connectivity index (χ2n) is 7.57. The van der Waals surface area contributed by atoms with Crippen LogP contribution in [0.2, 0.25) is 0 Å². The van der Waals surface area contributed by atoms with E-state index < -0.39 is 29.1 Å². The molecule has 1 fully saturated rings. The van der Waals surface area contributed by atoms with Crippen LogP contribution in [0.5, 0.6) is 0 Å². The van der Waals surface area contributed by atoms with E-state index in [1.165, 1.54) is 26.0 Å². The van der Waals surface area contributed by atoms with Crippen molar-refractivity contribution in [2.24, 2.45) is 11.3 Å². The summed E-state index contributed by atoms with van der Waals surface area (Å²) in [5.41, 5.74) is 1.46. The van der Waals surface area contributed by atoms with Gasteiger partial charge in [-0.2, -0.15) is 13.2 Å². The van der Waals surface area contributed by atoms with E-state index in [9.17, 15) is 22.8 Å². The fraction of sp³-hybridized carbons (Fsp3) is 0.524. The van der Waals surface area contributed by atoms with E-state index in [1.807, 2.05) is 13.8 Å². The molecule has 1 aliphatic carbocycles. The van der Waals surface area contributed by atoms with Crippen molar-refractivity contribution in [1.82, 2.24) is 0 Å². The van der Waals surface area contributed by atoms with E-state index in [0.29, 0.717) is 18.4 Å². The minimum atomic E-state index is -4.37. The molecule has 0 aromatic heterocycles. The number of hydrogen-bond donors (Lipinski definition) is 0. The summed E-state index contributed by atoms with van der Waals surface area (Å²) in [6.07, 6.45) is -3.17. The number of alkyl halides is 3. The summed E-state index contributed by atoms with van der Waals surface area (Å²) >= 11 is 0. The van der Waals surface area contributed by atoms with Gasteiger partial charge in [0.25, 0.3) is 0 Å². The predicted molar refractivity (Wildman–Crippen MR) is 98.1 cm³/mol. The fourth-order valence-corrected chi connectivity index (χ4v) is 3.79. The van der Waals surface area contributed by atoms with Crippen molar-refractivity contribution in [3.8, 4) is 0 Å². The summed E-state index contributed by atoms with van der Waals surface area (Å²) in [5, 5.41) is 0. The van der Waals surface area contributed by atoms with Gasteiger partial charge in [-0.25, -0.2) is 0 Å². The molecule has 2 rings (SSSR count). The summed E-state index contributed by atoms with van der Waals surface area (Å²) in [5.74, 6) is -0.702. The number of halogens is 3. The van der Waals surface area contributed by atoms with Gasteiger partial charge in [0.2, 0.25) is 0 Å². The van der Waals surface area contributed by atoms with Crippen LogP contribution in [-0.4, -0.2) is 25.2 Å². The first kappa shape index (κ1) is 22.0. The molecule has 1 unspecified atom stereocenters. The van der Waals surface area contributed by atoms with E-state index in [-0.39, 0.29) is 19.1 Å². The van der Waals surface area contributed by atoms with Crippen molar-refractivity contribution in [2.45, 2.75) is 46.7 Å². The zero-order valence-electron chi connectivity index (χ0n) is 16.5. The van der Waals surface area contributed by atoms with Crippen molar-refractivity contribution in [1.29, 1.82) is 0 Å². The van der Waals surface area contributed by atoms with Gasteiger partial charge in [0.05, 0.1) is 5.56 Å². The monoisotopic (exact) mass is 398 g/mol. The minimum absolute atomic E-state index is 0.119. The van der Waals surface area contributed by atoms with Crippen LogP contribution in [-0.2, 0) is 25.2 Å². The highest BCUT2D eigenvalue weighted by atomic mass is 19.4. The first-order valence-electron chi connectivity index (χ1n) is 9.07. The number of carbonyl (C=O) groups excluding carboxylic acids is 2. The Labute approximate surface area is 162 Å². The number of hydrogen-bond acceptors (Lipinski definition) is 4. The molecule has 0 amide bonds. The molecule has 0 heterocycles. The molecule has 1 atom stereocenters. The van der Waals surface area contributed by atoms with Crippen LogP contribution in [0.1, 0.15) is 51.7 Å². The van der Waals surface area contributed by atoms with E-state index in [2.05, 4.69) is 0 Å². The standard InChI is InChI=1S/C21H25F3O4/c1-13-9-20(11-27-15(3)25,12-28-16(4)26)10-19(13)14(2)17-5-7-18(8-6-17)21(22,23)24/h5-8,13H,9-12H2,1-4H3/b19-14+. The first-order chi connectivity index (χ1) is 12.9. The van der Waals surface area contributed by atoms with Gasteiger partial charge in [-0.05, 0) is 49.0 Å². The van der Waals surface area contributed by atoms with E-state index >= 15 is 0 Å². The third-order valence-electron chi connectivity index (χ3n) is 5.19. The first-order valence-corrected chi connectivity index (χ1v) is 9.07. The molecule has 4 nitrogen and oxygen atoms in total. The highest BCUT2D eigenvalue weighted by Crippen LogP contribution is 2.48. The average Bonchev–Trinajstić information content (AvgIpc) is 2.94. The maximum atomic E-state index is 12.8. The maximum absolute atomic E-state index is 12.8. The zero-order chi connectivity index (χ0) is 21.1. The number of rotatable bonds is 5. The van der Waals surface area contributed by atoms with Crippen LogP contribution < -0.4 is 0 Å². The Kier molecular flexibility index (Phi) is 6.57. The Morgan fingerprint density at radius 1 is 1.04 bits per heavy atom. The summed E-state index contributed by atoms with van der Waals surface area (Å²) < 4.78 is 48.8. The smallest absolute Gasteiger partial charge is 0.416 e. The van der Waals surface area contributed by atoms with Crippen LogP contribution in [0, 0.1) is 11.3 Å². The molecule has 28 heavy (non-hydrogen) atoms. The average molecular weight is 398 g/mol. The van der Waals surface area contributed by atoms with Crippen LogP contribution in [0.25, 0.3) is 5.57 Å². The Morgan fingerprint density at radius 3 is 1.96 bits per heavy atom. The van der Waals surface area contributed by atoms with Crippen molar-refractivity contribution in [2.75, 3.05) is 13.2 Å². The minimum Gasteiger partial charge on any atom is -0.465 e. The summed E-state index contributed by atoms with van der Waals surface area (Å²) in [6, 6.07) is 5.08. The lowest BCUT2D eigenvalue weighted by molar-refractivity contribution is -0.151. The molecule has 0 saturated heterocycles. The van der Waals surface area contributed by atoms with Crippen LogP contribution in [0.15, 0.2) is 29.8 Å². The normalized spacial score (nSPS) is 20.6. The number of benzene rings is 1. The van der Waals surface area contributed by atoms with Gasteiger partial charge < -0.3 is 9.47 Å². The lowest BCUT2D eigenvalue weighted by atomic mass is 9.86. The maximum Gasteiger partial charge on any atom is 0.416 e. The van der Waals surface area contributed by atoms with Crippen LogP contribution in [0.4, 0.5) is 13.2 Å². The van der Waals surface area contributed by atoms with Gasteiger partial charge >= 0.3 is 18.1 Å². The molecule has 7 heteroatoms. The zero-order valence-corrected chi connectivity index (χ0v) is 16.5. The molecular formula is C21H25F3O4. The second-order valence-corrected chi connectivity index (χ2v) is 7.57. The van der Waals surface area contributed by atoms with Crippen molar-refractivity contribution >= 4 is 17.5 Å². The number of esters is 2. The Morgan fingerprint density at radius 2 is 1.54 bits per heavy atom. The number of ether oxygens (including phenoxy) is 2. The molecule has 1 aromatic carbocycles. The van der Waals surface area contributed by atoms with Gasteiger partial charge in [0.15, 0.2) is 0 Å². The lowest BCUT2D eigenvalue weighted by Crippen LogP contribution is -2.31. The number of allylic oxidation sites excluding steroid dienone is 2.